The van der Waals surface area contributed by atoms with Crippen LogP contribution in [0.3, 0.4) is 0 Å². The molecule has 0 radical (unpaired) electrons. The molecule has 0 spiro atoms. The van der Waals surface area contributed by atoms with Gasteiger partial charge in [-0.15, -0.1) is 5.06 Å². The Balaban J connectivity index is 1.91. The first-order chi connectivity index (χ1) is 13.8. The zero-order chi connectivity index (χ0) is 21.4. The Bertz CT molecular complexity index is 758. The first-order valence-corrected chi connectivity index (χ1v) is 9.25. The molecule has 1 heterocycles. The number of esters is 2. The number of hydrogen-bond acceptors (Lipinski definition) is 8. The minimum atomic E-state index is -1.26. The average molecular weight is 405 g/mol. The van der Waals surface area contributed by atoms with Gasteiger partial charge in [-0.05, 0) is 5.92 Å². The number of hydrogen-bond donors (Lipinski definition) is 0. The SMILES string of the molecule is CC(C)COC(=O)[C@@H](OC(=O)CCC(=O)ON1C(=O)CCC1=O)c1ccccc1. The molecule has 0 N–H and O–H groups in total. The first kappa shape index (κ1) is 22.1. The summed E-state index contributed by atoms with van der Waals surface area (Å²) in [6, 6.07) is 8.36. The van der Waals surface area contributed by atoms with Gasteiger partial charge in [0.2, 0.25) is 6.10 Å². The smallest absolute Gasteiger partial charge is 0.352 e. The molecule has 2 amide bonds. The number of ether oxygens (including phenoxy) is 2. The minimum absolute atomic E-state index is 0.0224. The van der Waals surface area contributed by atoms with E-state index in [0.29, 0.717) is 10.6 Å². The number of nitrogens with zero attached hydrogens (tertiary/aromatic N) is 1. The quantitative estimate of drug-likeness (QED) is 0.451. The van der Waals surface area contributed by atoms with Crippen molar-refractivity contribution in [2.24, 2.45) is 5.92 Å². The molecule has 29 heavy (non-hydrogen) atoms. The predicted molar refractivity (Wildman–Crippen MR) is 97.5 cm³/mol. The van der Waals surface area contributed by atoms with Gasteiger partial charge in [0.25, 0.3) is 11.8 Å². The number of amides is 2. The van der Waals surface area contributed by atoms with Crippen LogP contribution in [0.4, 0.5) is 0 Å². The van der Waals surface area contributed by atoms with Gasteiger partial charge in [0.15, 0.2) is 0 Å². The Morgan fingerprint density at radius 2 is 1.55 bits per heavy atom. The number of benzene rings is 1. The van der Waals surface area contributed by atoms with Crippen LogP contribution in [0.1, 0.15) is 51.2 Å². The van der Waals surface area contributed by atoms with Crippen LogP contribution < -0.4 is 0 Å². The van der Waals surface area contributed by atoms with Gasteiger partial charge in [-0.25, -0.2) is 9.59 Å². The Labute approximate surface area is 167 Å². The van der Waals surface area contributed by atoms with E-state index in [1.807, 2.05) is 13.8 Å². The van der Waals surface area contributed by atoms with E-state index in [0.717, 1.165) is 0 Å². The highest BCUT2D eigenvalue weighted by Gasteiger charge is 2.33. The standard InChI is InChI=1S/C20H23NO8/c1-13(2)12-27-20(26)19(14-6-4-3-5-7-14)28-17(24)10-11-18(25)29-21-15(22)8-9-16(21)23/h3-7,13,19H,8-12H2,1-2H3/t19-/m0/s1. The highest BCUT2D eigenvalue weighted by Crippen LogP contribution is 2.21. The minimum Gasteiger partial charge on any atom is -0.462 e. The van der Waals surface area contributed by atoms with Crippen LogP contribution in [-0.4, -0.2) is 41.4 Å². The van der Waals surface area contributed by atoms with E-state index in [-0.39, 0.29) is 25.4 Å². The molecule has 1 aliphatic rings. The fraction of sp³-hybridized carbons (Fsp3) is 0.450. The van der Waals surface area contributed by atoms with Crippen molar-refractivity contribution in [2.75, 3.05) is 6.61 Å². The molecule has 9 nitrogen and oxygen atoms in total. The lowest BCUT2D eigenvalue weighted by atomic mass is 10.1. The predicted octanol–water partition coefficient (Wildman–Crippen LogP) is 1.86. The normalized spacial score (nSPS) is 14.7. The van der Waals surface area contributed by atoms with E-state index in [2.05, 4.69) is 4.84 Å². The van der Waals surface area contributed by atoms with Gasteiger partial charge in [-0.3, -0.25) is 14.4 Å². The van der Waals surface area contributed by atoms with Crippen LogP contribution in [0.25, 0.3) is 0 Å². The van der Waals surface area contributed by atoms with Crippen molar-refractivity contribution in [3.63, 3.8) is 0 Å². The summed E-state index contributed by atoms with van der Waals surface area (Å²) in [6.45, 7) is 3.92. The van der Waals surface area contributed by atoms with Crippen LogP contribution in [0.2, 0.25) is 0 Å². The third-order valence-electron chi connectivity index (χ3n) is 3.86. The van der Waals surface area contributed by atoms with Gasteiger partial charge in [0.1, 0.15) is 0 Å². The van der Waals surface area contributed by atoms with Crippen molar-refractivity contribution < 1.29 is 38.3 Å². The lowest BCUT2D eigenvalue weighted by molar-refractivity contribution is -0.197. The Morgan fingerprint density at radius 3 is 2.14 bits per heavy atom. The van der Waals surface area contributed by atoms with Crippen LogP contribution >= 0.6 is 0 Å². The van der Waals surface area contributed by atoms with Crippen molar-refractivity contribution in [3.05, 3.63) is 35.9 Å². The fourth-order valence-corrected chi connectivity index (χ4v) is 2.40. The maximum atomic E-state index is 12.4. The molecular weight excluding hydrogens is 382 g/mol. The van der Waals surface area contributed by atoms with E-state index in [4.69, 9.17) is 9.47 Å². The number of carbonyl (C=O) groups is 5. The zero-order valence-electron chi connectivity index (χ0n) is 16.3. The van der Waals surface area contributed by atoms with E-state index in [1.54, 1.807) is 30.3 Å². The van der Waals surface area contributed by atoms with Crippen molar-refractivity contribution in [3.8, 4) is 0 Å². The molecule has 0 unspecified atom stereocenters. The summed E-state index contributed by atoms with van der Waals surface area (Å²) in [7, 11) is 0. The zero-order valence-corrected chi connectivity index (χ0v) is 16.3. The molecule has 156 valence electrons. The van der Waals surface area contributed by atoms with Crippen molar-refractivity contribution in [1.82, 2.24) is 5.06 Å². The molecule has 9 heteroatoms. The van der Waals surface area contributed by atoms with Crippen LogP contribution in [0.15, 0.2) is 30.3 Å². The molecule has 1 saturated heterocycles. The van der Waals surface area contributed by atoms with Crippen LogP contribution in [0, 0.1) is 5.92 Å². The summed E-state index contributed by atoms with van der Waals surface area (Å²) < 4.78 is 10.4. The third-order valence-corrected chi connectivity index (χ3v) is 3.86. The second kappa shape index (κ2) is 10.4. The molecular formula is C20H23NO8. The summed E-state index contributed by atoms with van der Waals surface area (Å²) in [4.78, 5) is 63.8. The largest absolute Gasteiger partial charge is 0.462 e. The molecule has 1 aromatic rings. The van der Waals surface area contributed by atoms with Gasteiger partial charge >= 0.3 is 17.9 Å². The number of rotatable bonds is 9. The van der Waals surface area contributed by atoms with Gasteiger partial charge < -0.3 is 14.3 Å². The van der Waals surface area contributed by atoms with Gasteiger partial charge in [0.05, 0.1) is 19.4 Å². The molecule has 1 atom stereocenters. The monoisotopic (exact) mass is 405 g/mol. The molecule has 1 aliphatic heterocycles. The fourth-order valence-electron chi connectivity index (χ4n) is 2.40. The summed E-state index contributed by atoms with van der Waals surface area (Å²) in [5.74, 6) is -3.57. The van der Waals surface area contributed by atoms with Crippen molar-refractivity contribution >= 4 is 29.7 Å². The van der Waals surface area contributed by atoms with Gasteiger partial charge in [-0.2, -0.15) is 0 Å². The van der Waals surface area contributed by atoms with E-state index < -0.39 is 48.7 Å². The maximum Gasteiger partial charge on any atom is 0.352 e. The molecule has 1 aromatic carbocycles. The van der Waals surface area contributed by atoms with Crippen LogP contribution in [-0.2, 0) is 38.3 Å². The molecule has 0 saturated carbocycles. The number of carbonyl (C=O) groups excluding carboxylic acids is 5. The molecule has 1 fully saturated rings. The van der Waals surface area contributed by atoms with E-state index in [1.165, 1.54) is 0 Å². The lowest BCUT2D eigenvalue weighted by Crippen LogP contribution is -2.32. The average Bonchev–Trinajstić information content (AvgIpc) is 3.01. The second-order valence-electron chi connectivity index (χ2n) is 6.85. The third kappa shape index (κ3) is 6.70. The molecule has 0 aliphatic carbocycles. The summed E-state index contributed by atoms with van der Waals surface area (Å²) >= 11 is 0. The lowest BCUT2D eigenvalue weighted by Gasteiger charge is -2.18. The molecule has 2 rings (SSSR count). The highest BCUT2D eigenvalue weighted by molar-refractivity contribution is 6.01. The molecule has 0 bridgehead atoms. The number of hydroxylamine groups is 2. The second-order valence-corrected chi connectivity index (χ2v) is 6.85. The Kier molecular flexibility index (Phi) is 7.88. The Hall–Kier alpha value is -3.23. The van der Waals surface area contributed by atoms with E-state index >= 15 is 0 Å². The first-order valence-electron chi connectivity index (χ1n) is 9.25. The Morgan fingerprint density at radius 1 is 0.966 bits per heavy atom. The van der Waals surface area contributed by atoms with Gasteiger partial charge in [0, 0.05) is 18.4 Å². The number of imide groups is 1. The topological polar surface area (TPSA) is 116 Å². The van der Waals surface area contributed by atoms with Crippen molar-refractivity contribution in [2.45, 2.75) is 45.6 Å². The summed E-state index contributed by atoms with van der Waals surface area (Å²) in [6.07, 6.45) is -2.12. The summed E-state index contributed by atoms with van der Waals surface area (Å²) in [5.41, 5.74) is 0.436. The van der Waals surface area contributed by atoms with Crippen LogP contribution in [0.5, 0.6) is 0 Å². The maximum absolute atomic E-state index is 12.4. The van der Waals surface area contributed by atoms with E-state index in [9.17, 15) is 24.0 Å². The van der Waals surface area contributed by atoms with Crippen molar-refractivity contribution in [1.29, 1.82) is 0 Å². The summed E-state index contributed by atoms with van der Waals surface area (Å²) in [5, 5.41) is 0.406. The highest BCUT2D eigenvalue weighted by atomic mass is 16.7. The molecule has 0 aromatic heterocycles. The van der Waals surface area contributed by atoms with Gasteiger partial charge in [-0.1, -0.05) is 44.2 Å².